The van der Waals surface area contributed by atoms with Crippen LogP contribution in [-0.2, 0) is 4.79 Å². The minimum absolute atomic E-state index is 0.773. The standard InChI is InChI=1S/C21H32O4/c1-3-4-5-6-7-8-13-18-15-11-16-19(18)14-10-9-12-17(2)21(24,25)20(22)23/h8,10,12-13,17,24-25H,3-7,11,14-16H2,1-2H3,(H,22,23). The number of hydrogen-bond donors (Lipinski definition) is 3. The Balaban J connectivity index is 2.54. The van der Waals surface area contributed by atoms with Crippen molar-refractivity contribution in [3.8, 4) is 0 Å². The molecule has 0 aromatic rings. The first-order valence-electron chi connectivity index (χ1n) is 9.36. The fourth-order valence-corrected chi connectivity index (χ4v) is 2.88. The van der Waals surface area contributed by atoms with Crippen molar-refractivity contribution in [2.45, 2.75) is 77.4 Å². The Bertz CT molecular complexity index is 548. The van der Waals surface area contributed by atoms with Gasteiger partial charge in [0.05, 0.1) is 0 Å². The van der Waals surface area contributed by atoms with E-state index in [0.717, 1.165) is 25.7 Å². The predicted octanol–water partition coefficient (Wildman–Crippen LogP) is 4.50. The van der Waals surface area contributed by atoms with Crippen molar-refractivity contribution in [3.05, 3.63) is 41.2 Å². The van der Waals surface area contributed by atoms with Crippen molar-refractivity contribution in [1.82, 2.24) is 0 Å². The largest absolute Gasteiger partial charge is 0.477 e. The summed E-state index contributed by atoms with van der Waals surface area (Å²) in [6.45, 7) is 3.66. The van der Waals surface area contributed by atoms with Crippen LogP contribution in [0.1, 0.15) is 71.6 Å². The third-order valence-corrected chi connectivity index (χ3v) is 4.68. The zero-order valence-electron chi connectivity index (χ0n) is 15.5. The number of carbonyl (C=O) groups is 1. The summed E-state index contributed by atoms with van der Waals surface area (Å²) in [6, 6.07) is 0. The summed E-state index contributed by atoms with van der Waals surface area (Å²) >= 11 is 0. The van der Waals surface area contributed by atoms with Crippen molar-refractivity contribution in [1.29, 1.82) is 0 Å². The van der Waals surface area contributed by atoms with Crippen LogP contribution in [-0.4, -0.2) is 27.1 Å². The average Bonchev–Trinajstić information content (AvgIpc) is 3.01. The van der Waals surface area contributed by atoms with Gasteiger partial charge in [0.2, 0.25) is 0 Å². The van der Waals surface area contributed by atoms with Crippen molar-refractivity contribution >= 4 is 5.97 Å². The Morgan fingerprint density at radius 2 is 2.04 bits per heavy atom. The molecule has 0 saturated heterocycles. The highest BCUT2D eigenvalue weighted by atomic mass is 16.5. The molecule has 0 aliphatic heterocycles. The van der Waals surface area contributed by atoms with Gasteiger partial charge < -0.3 is 15.3 Å². The summed E-state index contributed by atoms with van der Waals surface area (Å²) in [5.41, 5.74) is 5.70. The molecule has 4 heteroatoms. The molecule has 25 heavy (non-hydrogen) atoms. The maximum atomic E-state index is 10.8. The Morgan fingerprint density at radius 3 is 2.72 bits per heavy atom. The first kappa shape index (κ1) is 21.4. The number of aliphatic hydroxyl groups is 2. The van der Waals surface area contributed by atoms with Crippen LogP contribution in [0.4, 0.5) is 0 Å². The minimum Gasteiger partial charge on any atom is -0.477 e. The molecule has 0 spiro atoms. The Hall–Kier alpha value is -1.61. The zero-order chi connectivity index (χ0) is 18.7. The van der Waals surface area contributed by atoms with Crippen molar-refractivity contribution in [3.63, 3.8) is 0 Å². The van der Waals surface area contributed by atoms with Gasteiger partial charge in [0.15, 0.2) is 0 Å². The number of carboxylic acids is 1. The minimum atomic E-state index is -2.75. The topological polar surface area (TPSA) is 77.8 Å². The summed E-state index contributed by atoms with van der Waals surface area (Å²) in [7, 11) is 0. The second kappa shape index (κ2) is 11.1. The second-order valence-corrected chi connectivity index (χ2v) is 6.80. The molecule has 0 amide bonds. The smallest absolute Gasteiger partial charge is 0.364 e. The monoisotopic (exact) mass is 348 g/mol. The number of allylic oxidation sites excluding steroid dienone is 4. The molecule has 1 aliphatic rings. The van der Waals surface area contributed by atoms with Gasteiger partial charge in [-0.05, 0) is 56.3 Å². The molecule has 1 aliphatic carbocycles. The molecule has 0 heterocycles. The van der Waals surface area contributed by atoms with Crippen molar-refractivity contribution in [2.75, 3.05) is 0 Å². The first-order chi connectivity index (χ1) is 11.9. The molecular weight excluding hydrogens is 316 g/mol. The lowest BCUT2D eigenvalue weighted by molar-refractivity contribution is -0.214. The van der Waals surface area contributed by atoms with Gasteiger partial charge in [-0.2, -0.15) is 0 Å². The van der Waals surface area contributed by atoms with Gasteiger partial charge >= 0.3 is 5.97 Å². The van der Waals surface area contributed by atoms with Crippen LogP contribution < -0.4 is 0 Å². The molecule has 0 aromatic carbocycles. The predicted molar refractivity (Wildman–Crippen MR) is 100 cm³/mol. The third kappa shape index (κ3) is 7.43. The lowest BCUT2D eigenvalue weighted by Crippen LogP contribution is -2.43. The average molecular weight is 348 g/mol. The summed E-state index contributed by atoms with van der Waals surface area (Å²) in [4.78, 5) is 10.8. The zero-order valence-corrected chi connectivity index (χ0v) is 15.5. The van der Waals surface area contributed by atoms with E-state index in [1.807, 2.05) is 6.08 Å². The number of rotatable bonds is 11. The van der Waals surface area contributed by atoms with Gasteiger partial charge in [0, 0.05) is 5.92 Å². The molecule has 3 N–H and O–H groups in total. The van der Waals surface area contributed by atoms with E-state index in [1.165, 1.54) is 56.3 Å². The lowest BCUT2D eigenvalue weighted by atomic mass is 10.0. The quantitative estimate of drug-likeness (QED) is 0.292. The van der Waals surface area contributed by atoms with Gasteiger partial charge in [-0.25, -0.2) is 4.79 Å². The number of unbranched alkanes of at least 4 members (excludes halogenated alkanes) is 4. The molecule has 0 fully saturated rings. The van der Waals surface area contributed by atoms with E-state index < -0.39 is 17.7 Å². The first-order valence-corrected chi connectivity index (χ1v) is 9.36. The van der Waals surface area contributed by atoms with E-state index in [9.17, 15) is 15.0 Å². The summed E-state index contributed by atoms with van der Waals surface area (Å²) < 4.78 is 0. The molecule has 0 radical (unpaired) electrons. The maximum Gasteiger partial charge on any atom is 0.364 e. The Labute approximate surface area is 151 Å². The summed E-state index contributed by atoms with van der Waals surface area (Å²) in [5, 5.41) is 27.6. The van der Waals surface area contributed by atoms with Gasteiger partial charge in [0.25, 0.3) is 5.79 Å². The molecule has 1 rings (SSSR count). The molecule has 1 unspecified atom stereocenters. The normalized spacial score (nSPS) is 16.2. The van der Waals surface area contributed by atoms with Crippen LogP contribution in [0.5, 0.6) is 0 Å². The lowest BCUT2D eigenvalue weighted by Gasteiger charge is -2.20. The number of aliphatic carboxylic acids is 1. The van der Waals surface area contributed by atoms with E-state index in [-0.39, 0.29) is 0 Å². The van der Waals surface area contributed by atoms with Crippen LogP contribution in [0.25, 0.3) is 0 Å². The molecule has 1 atom stereocenters. The number of carboxylic acid groups (broad SMARTS) is 1. The highest BCUT2D eigenvalue weighted by molar-refractivity contribution is 5.75. The maximum absolute atomic E-state index is 10.8. The Kier molecular flexibility index (Phi) is 9.51. The van der Waals surface area contributed by atoms with Crippen LogP contribution in [0.15, 0.2) is 41.2 Å². The summed E-state index contributed by atoms with van der Waals surface area (Å²) in [6.07, 6.45) is 18.2. The highest BCUT2D eigenvalue weighted by Gasteiger charge is 2.38. The van der Waals surface area contributed by atoms with E-state index in [2.05, 4.69) is 24.8 Å². The van der Waals surface area contributed by atoms with Gasteiger partial charge in [-0.3, -0.25) is 0 Å². The molecule has 0 aromatic heterocycles. The molecule has 4 nitrogen and oxygen atoms in total. The molecule has 0 saturated carbocycles. The third-order valence-electron chi connectivity index (χ3n) is 4.68. The Morgan fingerprint density at radius 1 is 1.28 bits per heavy atom. The van der Waals surface area contributed by atoms with E-state index in [4.69, 9.17) is 5.11 Å². The van der Waals surface area contributed by atoms with Gasteiger partial charge in [-0.1, -0.05) is 50.8 Å². The second-order valence-electron chi connectivity index (χ2n) is 6.80. The van der Waals surface area contributed by atoms with E-state index >= 15 is 0 Å². The van der Waals surface area contributed by atoms with Crippen LogP contribution >= 0.6 is 0 Å². The van der Waals surface area contributed by atoms with Gasteiger partial charge in [0.1, 0.15) is 0 Å². The van der Waals surface area contributed by atoms with Gasteiger partial charge in [-0.15, -0.1) is 5.73 Å². The number of hydrogen-bond acceptors (Lipinski definition) is 3. The fourth-order valence-electron chi connectivity index (χ4n) is 2.88. The van der Waals surface area contributed by atoms with E-state index in [1.54, 1.807) is 0 Å². The fraction of sp³-hybridized carbons (Fsp3) is 0.619. The molecule has 0 bridgehead atoms. The van der Waals surface area contributed by atoms with E-state index in [0.29, 0.717) is 0 Å². The SMILES string of the molecule is CCCCCCC=CC1=C(CC=C=CC(C)C(O)(O)C(=O)O)CCC1. The van der Waals surface area contributed by atoms with Crippen molar-refractivity contribution in [2.24, 2.45) is 5.92 Å². The van der Waals surface area contributed by atoms with Crippen LogP contribution in [0, 0.1) is 5.92 Å². The van der Waals surface area contributed by atoms with Crippen molar-refractivity contribution < 1.29 is 20.1 Å². The van der Waals surface area contributed by atoms with Crippen LogP contribution in [0.3, 0.4) is 0 Å². The summed E-state index contributed by atoms with van der Waals surface area (Å²) in [5.74, 6) is -5.33. The molecule has 140 valence electrons. The van der Waals surface area contributed by atoms with Crippen LogP contribution in [0.2, 0.25) is 0 Å². The highest BCUT2D eigenvalue weighted by Crippen LogP contribution is 2.29. The molecular formula is C21H32O4.